The number of non-ortho nitro benzene ring substituents is 1. The number of thiazole rings is 1. The van der Waals surface area contributed by atoms with Crippen LogP contribution in [0, 0.1) is 17.0 Å². The summed E-state index contributed by atoms with van der Waals surface area (Å²) in [6, 6.07) is 16.7. The van der Waals surface area contributed by atoms with Crippen molar-refractivity contribution in [3.05, 3.63) is 119 Å². The number of ether oxygens (including phenoxy) is 1. The standard InChI is InChI=1S/C28H23N3O6S/c1-4-36-27(33)24-17(3)29-28-30(25(24)18-8-6-5-7-9-18)26(32)23(38-28)15-20-11-13-22(37-20)21-12-10-19(31(34)35)14-16(21)2/h5-15,25H,4H2,1-3H3. The molecule has 0 saturated carbocycles. The maximum absolute atomic E-state index is 13.7. The largest absolute Gasteiger partial charge is 0.463 e. The van der Waals surface area contributed by atoms with Crippen LogP contribution in [0.3, 0.4) is 0 Å². The van der Waals surface area contributed by atoms with Gasteiger partial charge in [0.1, 0.15) is 11.5 Å². The fourth-order valence-electron chi connectivity index (χ4n) is 4.48. The van der Waals surface area contributed by atoms with Crippen molar-refractivity contribution in [3.63, 3.8) is 0 Å². The normalized spacial score (nSPS) is 15.2. The minimum atomic E-state index is -0.677. The Morgan fingerprint density at radius 3 is 2.63 bits per heavy atom. The number of aromatic nitrogens is 1. The van der Waals surface area contributed by atoms with Gasteiger partial charge in [-0.15, -0.1) is 0 Å². The first kappa shape index (κ1) is 25.1. The number of nitro benzene ring substituents is 1. The monoisotopic (exact) mass is 529 g/mol. The molecule has 0 bridgehead atoms. The van der Waals surface area contributed by atoms with Gasteiger partial charge in [-0.25, -0.2) is 9.79 Å². The Morgan fingerprint density at radius 1 is 1.18 bits per heavy atom. The second kappa shape index (κ2) is 10.1. The molecule has 0 fully saturated rings. The van der Waals surface area contributed by atoms with Gasteiger partial charge < -0.3 is 9.15 Å². The fourth-order valence-corrected chi connectivity index (χ4v) is 5.51. The summed E-state index contributed by atoms with van der Waals surface area (Å²) in [5.74, 6) is 0.464. The highest BCUT2D eigenvalue weighted by Gasteiger charge is 2.33. The number of hydrogen-bond donors (Lipinski definition) is 0. The smallest absolute Gasteiger partial charge is 0.338 e. The predicted octanol–water partition coefficient (Wildman–Crippen LogP) is 4.27. The van der Waals surface area contributed by atoms with Crippen LogP contribution in [0.2, 0.25) is 0 Å². The molecule has 0 aliphatic carbocycles. The van der Waals surface area contributed by atoms with Gasteiger partial charge in [-0.2, -0.15) is 0 Å². The molecule has 0 N–H and O–H groups in total. The van der Waals surface area contributed by atoms with Gasteiger partial charge in [0.2, 0.25) is 0 Å². The van der Waals surface area contributed by atoms with E-state index in [9.17, 15) is 19.7 Å². The number of carbonyl (C=O) groups is 1. The lowest BCUT2D eigenvalue weighted by atomic mass is 9.96. The van der Waals surface area contributed by atoms with Crippen molar-refractivity contribution in [1.29, 1.82) is 0 Å². The van der Waals surface area contributed by atoms with Crippen LogP contribution in [0.15, 0.2) is 86.1 Å². The molecule has 1 unspecified atom stereocenters. The van der Waals surface area contributed by atoms with Crippen molar-refractivity contribution < 1.29 is 18.9 Å². The third-order valence-electron chi connectivity index (χ3n) is 6.22. The van der Waals surface area contributed by atoms with Gasteiger partial charge in [0.15, 0.2) is 4.80 Å². The second-order valence-corrected chi connectivity index (χ2v) is 9.68. The van der Waals surface area contributed by atoms with E-state index in [1.807, 2.05) is 30.3 Å². The zero-order valence-electron chi connectivity index (χ0n) is 20.8. The Bertz CT molecular complexity index is 1780. The third kappa shape index (κ3) is 4.50. The summed E-state index contributed by atoms with van der Waals surface area (Å²) in [4.78, 5) is 42.2. The van der Waals surface area contributed by atoms with Crippen LogP contribution in [-0.2, 0) is 9.53 Å². The number of aryl methyl sites for hydroxylation is 1. The van der Waals surface area contributed by atoms with Crippen molar-refractivity contribution in [2.75, 3.05) is 6.61 Å². The molecule has 0 saturated heterocycles. The van der Waals surface area contributed by atoms with Gasteiger partial charge in [0.25, 0.3) is 11.2 Å². The molecule has 0 spiro atoms. The van der Waals surface area contributed by atoms with Gasteiger partial charge >= 0.3 is 5.97 Å². The van der Waals surface area contributed by atoms with Gasteiger partial charge in [-0.05, 0) is 50.1 Å². The molecule has 0 amide bonds. The van der Waals surface area contributed by atoms with E-state index in [4.69, 9.17) is 9.15 Å². The van der Waals surface area contributed by atoms with E-state index in [1.165, 1.54) is 28.0 Å². The number of rotatable bonds is 6. The topological polar surface area (TPSA) is 117 Å². The van der Waals surface area contributed by atoms with Gasteiger partial charge in [-0.1, -0.05) is 41.7 Å². The molecule has 38 heavy (non-hydrogen) atoms. The first-order valence-corrected chi connectivity index (χ1v) is 12.7. The van der Waals surface area contributed by atoms with E-state index in [-0.39, 0.29) is 17.9 Å². The molecule has 1 atom stereocenters. The van der Waals surface area contributed by atoms with E-state index in [0.29, 0.717) is 37.7 Å². The molecule has 1 aliphatic rings. The van der Waals surface area contributed by atoms with Crippen molar-refractivity contribution in [2.45, 2.75) is 26.8 Å². The second-order valence-electron chi connectivity index (χ2n) is 8.67. The van der Waals surface area contributed by atoms with Crippen LogP contribution in [0.5, 0.6) is 0 Å². The van der Waals surface area contributed by atoms with Crippen LogP contribution in [0.4, 0.5) is 5.69 Å². The predicted molar refractivity (Wildman–Crippen MR) is 142 cm³/mol. The Labute approximate surface area is 220 Å². The highest BCUT2D eigenvalue weighted by molar-refractivity contribution is 7.07. The molecule has 1 aliphatic heterocycles. The van der Waals surface area contributed by atoms with E-state index >= 15 is 0 Å². The third-order valence-corrected chi connectivity index (χ3v) is 7.20. The molecule has 3 heterocycles. The number of allylic oxidation sites excluding steroid dienone is 1. The highest BCUT2D eigenvalue weighted by Crippen LogP contribution is 2.31. The lowest BCUT2D eigenvalue weighted by molar-refractivity contribution is -0.384. The lowest BCUT2D eigenvalue weighted by Gasteiger charge is -2.24. The Hall–Kier alpha value is -4.57. The zero-order chi connectivity index (χ0) is 27.0. The summed E-state index contributed by atoms with van der Waals surface area (Å²) in [6.07, 6.45) is 1.64. The number of nitrogens with zero attached hydrogens (tertiary/aromatic N) is 3. The number of benzene rings is 2. The summed E-state index contributed by atoms with van der Waals surface area (Å²) in [6.45, 7) is 5.45. The van der Waals surface area contributed by atoms with Crippen LogP contribution in [0.1, 0.15) is 36.8 Å². The summed E-state index contributed by atoms with van der Waals surface area (Å²) in [5.41, 5.74) is 2.71. The fraction of sp³-hybridized carbons (Fsp3) is 0.179. The molecule has 192 valence electrons. The molecule has 9 nitrogen and oxygen atoms in total. The van der Waals surface area contributed by atoms with Crippen molar-refractivity contribution in [1.82, 2.24) is 4.57 Å². The molecule has 2 aromatic heterocycles. The van der Waals surface area contributed by atoms with E-state index < -0.39 is 16.9 Å². The molecule has 5 rings (SSSR count). The first-order chi connectivity index (χ1) is 18.3. The van der Waals surface area contributed by atoms with Crippen molar-refractivity contribution >= 4 is 29.1 Å². The summed E-state index contributed by atoms with van der Waals surface area (Å²) in [5, 5.41) is 11.1. The number of nitro groups is 1. The maximum atomic E-state index is 13.7. The van der Waals surface area contributed by atoms with Crippen LogP contribution < -0.4 is 14.9 Å². The van der Waals surface area contributed by atoms with Gasteiger partial charge in [-0.3, -0.25) is 19.5 Å². The zero-order valence-corrected chi connectivity index (χ0v) is 21.7. The summed E-state index contributed by atoms with van der Waals surface area (Å²) in [7, 11) is 0. The van der Waals surface area contributed by atoms with Crippen molar-refractivity contribution in [2.24, 2.45) is 4.99 Å². The maximum Gasteiger partial charge on any atom is 0.338 e. The van der Waals surface area contributed by atoms with Gasteiger partial charge in [0, 0.05) is 23.8 Å². The SMILES string of the molecule is CCOC(=O)C1=C(C)N=c2sc(=Cc3ccc(-c4ccc([N+](=O)[O-])cc4C)o3)c(=O)n2C1c1ccccc1. The minimum Gasteiger partial charge on any atom is -0.463 e. The Morgan fingerprint density at radius 2 is 1.95 bits per heavy atom. The average molecular weight is 530 g/mol. The molecule has 10 heteroatoms. The number of hydrogen-bond acceptors (Lipinski definition) is 8. The molecule has 2 aromatic carbocycles. The minimum absolute atomic E-state index is 0.00425. The van der Waals surface area contributed by atoms with Crippen LogP contribution >= 0.6 is 11.3 Å². The average Bonchev–Trinajstić information content (AvgIpc) is 3.48. The van der Waals surface area contributed by atoms with E-state index in [2.05, 4.69) is 4.99 Å². The van der Waals surface area contributed by atoms with E-state index in [1.54, 1.807) is 45.0 Å². The Kier molecular flexibility index (Phi) is 6.64. The summed E-state index contributed by atoms with van der Waals surface area (Å²) >= 11 is 1.21. The van der Waals surface area contributed by atoms with Crippen molar-refractivity contribution in [3.8, 4) is 11.3 Å². The highest BCUT2D eigenvalue weighted by atomic mass is 32.1. The number of fused-ring (bicyclic) bond motifs is 1. The summed E-state index contributed by atoms with van der Waals surface area (Å²) < 4.78 is 13.2. The Balaban J connectivity index is 1.60. The number of furan rings is 1. The molecular weight excluding hydrogens is 506 g/mol. The van der Waals surface area contributed by atoms with E-state index in [0.717, 1.165) is 11.1 Å². The van der Waals surface area contributed by atoms with Crippen LogP contribution in [0.25, 0.3) is 17.4 Å². The first-order valence-electron chi connectivity index (χ1n) is 11.9. The molecule has 4 aromatic rings. The lowest BCUT2D eigenvalue weighted by Crippen LogP contribution is -2.39. The molecular formula is C28H23N3O6S. The van der Waals surface area contributed by atoms with Gasteiger partial charge in [0.05, 0.1) is 33.4 Å². The molecule has 0 radical (unpaired) electrons. The quantitative estimate of drug-likeness (QED) is 0.209. The number of carbonyl (C=O) groups excluding carboxylic acids is 1. The van der Waals surface area contributed by atoms with Crippen LogP contribution in [-0.4, -0.2) is 22.1 Å². The number of esters is 1.